The number of amides is 1. The van der Waals surface area contributed by atoms with Crippen LogP contribution >= 0.6 is 11.6 Å². The van der Waals surface area contributed by atoms with E-state index >= 15 is 0 Å². The average molecular weight is 284 g/mol. The van der Waals surface area contributed by atoms with Crippen molar-refractivity contribution in [3.8, 4) is 0 Å². The standard InChI is InChI=1S/C14H22ClN3O/c1-18(2)9-3-8-17-14(19)11-16-10-12-4-6-13(15)7-5-12/h4-7,16H,3,8-11H2,1-2H3,(H,17,19). The Morgan fingerprint density at radius 2 is 1.95 bits per heavy atom. The van der Waals surface area contributed by atoms with Crippen LogP contribution in [0.25, 0.3) is 0 Å². The van der Waals surface area contributed by atoms with E-state index in [1.165, 1.54) is 0 Å². The lowest BCUT2D eigenvalue weighted by Gasteiger charge is -2.10. The van der Waals surface area contributed by atoms with Gasteiger partial charge in [-0.05, 0) is 44.8 Å². The van der Waals surface area contributed by atoms with Crippen LogP contribution in [0.2, 0.25) is 5.02 Å². The molecular formula is C14H22ClN3O. The molecular weight excluding hydrogens is 262 g/mol. The van der Waals surface area contributed by atoms with Crippen LogP contribution in [0.5, 0.6) is 0 Å². The molecule has 0 saturated carbocycles. The highest BCUT2D eigenvalue weighted by Gasteiger charge is 2.00. The molecule has 0 aromatic heterocycles. The van der Waals surface area contributed by atoms with Crippen molar-refractivity contribution in [1.82, 2.24) is 15.5 Å². The minimum atomic E-state index is 0.0349. The van der Waals surface area contributed by atoms with E-state index in [1.807, 2.05) is 38.4 Å². The fraction of sp³-hybridized carbons (Fsp3) is 0.500. The molecule has 0 atom stereocenters. The Morgan fingerprint density at radius 1 is 1.26 bits per heavy atom. The van der Waals surface area contributed by atoms with Crippen LogP contribution in [0.1, 0.15) is 12.0 Å². The van der Waals surface area contributed by atoms with Gasteiger partial charge >= 0.3 is 0 Å². The van der Waals surface area contributed by atoms with Crippen LogP contribution in [-0.2, 0) is 11.3 Å². The Balaban J connectivity index is 2.08. The number of carbonyl (C=O) groups is 1. The molecule has 1 aromatic carbocycles. The second-order valence-electron chi connectivity index (χ2n) is 4.74. The Bertz CT molecular complexity index is 379. The summed E-state index contributed by atoms with van der Waals surface area (Å²) in [5, 5.41) is 6.71. The van der Waals surface area contributed by atoms with Crippen molar-refractivity contribution < 1.29 is 4.79 Å². The van der Waals surface area contributed by atoms with Gasteiger partial charge in [0.05, 0.1) is 6.54 Å². The Labute approximate surface area is 120 Å². The zero-order valence-corrected chi connectivity index (χ0v) is 12.3. The first-order chi connectivity index (χ1) is 9.08. The molecule has 4 nitrogen and oxygen atoms in total. The summed E-state index contributed by atoms with van der Waals surface area (Å²) in [6, 6.07) is 7.59. The van der Waals surface area contributed by atoms with Gasteiger partial charge in [-0.15, -0.1) is 0 Å². The van der Waals surface area contributed by atoms with Crippen LogP contribution in [0.4, 0.5) is 0 Å². The number of benzene rings is 1. The summed E-state index contributed by atoms with van der Waals surface area (Å²) in [5.74, 6) is 0.0349. The maximum atomic E-state index is 11.5. The molecule has 0 heterocycles. The van der Waals surface area contributed by atoms with Crippen LogP contribution in [0.15, 0.2) is 24.3 Å². The maximum Gasteiger partial charge on any atom is 0.233 e. The van der Waals surface area contributed by atoms with Crippen molar-refractivity contribution in [2.24, 2.45) is 0 Å². The summed E-state index contributed by atoms with van der Waals surface area (Å²) in [6.07, 6.45) is 0.968. The first-order valence-corrected chi connectivity index (χ1v) is 6.82. The van der Waals surface area contributed by atoms with Crippen LogP contribution in [0.3, 0.4) is 0 Å². The average Bonchev–Trinajstić information content (AvgIpc) is 2.37. The topological polar surface area (TPSA) is 44.4 Å². The third-order valence-electron chi connectivity index (χ3n) is 2.63. The predicted octanol–water partition coefficient (Wildman–Crippen LogP) is 1.50. The van der Waals surface area contributed by atoms with Gasteiger partial charge in [0.1, 0.15) is 0 Å². The minimum absolute atomic E-state index is 0.0349. The van der Waals surface area contributed by atoms with Gasteiger partial charge < -0.3 is 15.5 Å². The fourth-order valence-electron chi connectivity index (χ4n) is 1.61. The fourth-order valence-corrected chi connectivity index (χ4v) is 1.73. The number of hydrogen-bond acceptors (Lipinski definition) is 3. The molecule has 0 aliphatic carbocycles. The number of halogens is 1. The second-order valence-corrected chi connectivity index (χ2v) is 5.17. The SMILES string of the molecule is CN(C)CCCNC(=O)CNCc1ccc(Cl)cc1. The van der Waals surface area contributed by atoms with Gasteiger partial charge in [0.2, 0.25) is 5.91 Å². The lowest BCUT2D eigenvalue weighted by molar-refractivity contribution is -0.120. The van der Waals surface area contributed by atoms with E-state index in [9.17, 15) is 4.79 Å². The molecule has 0 fully saturated rings. The van der Waals surface area contributed by atoms with Gasteiger partial charge in [-0.25, -0.2) is 0 Å². The van der Waals surface area contributed by atoms with Crippen molar-refractivity contribution in [2.45, 2.75) is 13.0 Å². The molecule has 0 bridgehead atoms. The molecule has 0 aliphatic rings. The highest BCUT2D eigenvalue weighted by atomic mass is 35.5. The zero-order valence-electron chi connectivity index (χ0n) is 11.6. The summed E-state index contributed by atoms with van der Waals surface area (Å²) in [5.41, 5.74) is 1.12. The highest BCUT2D eigenvalue weighted by Crippen LogP contribution is 2.08. The smallest absolute Gasteiger partial charge is 0.233 e. The van der Waals surface area contributed by atoms with E-state index in [0.29, 0.717) is 13.1 Å². The Hall–Kier alpha value is -1.10. The van der Waals surface area contributed by atoms with Gasteiger partial charge in [0.15, 0.2) is 0 Å². The molecule has 19 heavy (non-hydrogen) atoms. The van der Waals surface area contributed by atoms with Crippen LogP contribution < -0.4 is 10.6 Å². The lowest BCUT2D eigenvalue weighted by Crippen LogP contribution is -2.35. The summed E-state index contributed by atoms with van der Waals surface area (Å²) < 4.78 is 0. The molecule has 1 rings (SSSR count). The summed E-state index contributed by atoms with van der Waals surface area (Å²) in [4.78, 5) is 13.6. The largest absolute Gasteiger partial charge is 0.355 e. The Kier molecular flexibility index (Phi) is 7.48. The Morgan fingerprint density at radius 3 is 2.58 bits per heavy atom. The van der Waals surface area contributed by atoms with E-state index in [2.05, 4.69) is 15.5 Å². The van der Waals surface area contributed by atoms with E-state index < -0.39 is 0 Å². The van der Waals surface area contributed by atoms with Crippen LogP contribution in [-0.4, -0.2) is 44.5 Å². The summed E-state index contributed by atoms with van der Waals surface area (Å²) >= 11 is 5.80. The van der Waals surface area contributed by atoms with E-state index in [1.54, 1.807) is 0 Å². The van der Waals surface area contributed by atoms with Crippen LogP contribution in [0, 0.1) is 0 Å². The number of hydrogen-bond donors (Lipinski definition) is 2. The zero-order chi connectivity index (χ0) is 14.1. The summed E-state index contributed by atoms with van der Waals surface area (Å²) in [6.45, 7) is 2.71. The molecule has 0 spiro atoms. The van der Waals surface area contributed by atoms with Crippen molar-refractivity contribution in [2.75, 3.05) is 33.7 Å². The molecule has 0 unspecified atom stereocenters. The maximum absolute atomic E-state index is 11.5. The molecule has 2 N–H and O–H groups in total. The molecule has 1 aromatic rings. The molecule has 0 saturated heterocycles. The monoisotopic (exact) mass is 283 g/mol. The summed E-state index contributed by atoms with van der Waals surface area (Å²) in [7, 11) is 4.05. The molecule has 1 amide bonds. The first kappa shape index (κ1) is 16.0. The third-order valence-corrected chi connectivity index (χ3v) is 2.88. The number of rotatable bonds is 8. The van der Waals surface area contributed by atoms with Gasteiger partial charge in [0, 0.05) is 18.1 Å². The second kappa shape index (κ2) is 8.91. The third kappa shape index (κ3) is 7.82. The van der Waals surface area contributed by atoms with Gasteiger partial charge in [0.25, 0.3) is 0 Å². The van der Waals surface area contributed by atoms with Crippen molar-refractivity contribution >= 4 is 17.5 Å². The van der Waals surface area contributed by atoms with Crippen molar-refractivity contribution in [3.63, 3.8) is 0 Å². The van der Waals surface area contributed by atoms with Gasteiger partial charge in [-0.2, -0.15) is 0 Å². The van der Waals surface area contributed by atoms with E-state index in [-0.39, 0.29) is 5.91 Å². The van der Waals surface area contributed by atoms with E-state index in [4.69, 9.17) is 11.6 Å². The lowest BCUT2D eigenvalue weighted by atomic mass is 10.2. The molecule has 0 radical (unpaired) electrons. The van der Waals surface area contributed by atoms with Gasteiger partial charge in [-0.1, -0.05) is 23.7 Å². The quantitative estimate of drug-likeness (QED) is 0.711. The van der Waals surface area contributed by atoms with Crippen molar-refractivity contribution in [1.29, 1.82) is 0 Å². The highest BCUT2D eigenvalue weighted by molar-refractivity contribution is 6.30. The number of nitrogens with zero attached hydrogens (tertiary/aromatic N) is 1. The molecule has 5 heteroatoms. The van der Waals surface area contributed by atoms with Gasteiger partial charge in [-0.3, -0.25) is 4.79 Å². The number of carbonyl (C=O) groups excluding carboxylic acids is 1. The molecule has 0 aliphatic heterocycles. The first-order valence-electron chi connectivity index (χ1n) is 6.44. The van der Waals surface area contributed by atoms with E-state index in [0.717, 1.165) is 30.1 Å². The normalized spacial score (nSPS) is 10.7. The molecule has 106 valence electrons. The number of nitrogens with one attached hydrogen (secondary N) is 2. The predicted molar refractivity (Wildman–Crippen MR) is 79.3 cm³/mol. The van der Waals surface area contributed by atoms with Crippen molar-refractivity contribution in [3.05, 3.63) is 34.9 Å². The minimum Gasteiger partial charge on any atom is -0.355 e.